The van der Waals surface area contributed by atoms with E-state index in [9.17, 15) is 4.79 Å². The Kier molecular flexibility index (Phi) is 4.59. The fourth-order valence-electron chi connectivity index (χ4n) is 2.15. The van der Waals surface area contributed by atoms with Gasteiger partial charge in [0.05, 0.1) is 13.3 Å². The molecule has 2 aromatic rings. The van der Waals surface area contributed by atoms with E-state index >= 15 is 0 Å². The van der Waals surface area contributed by atoms with Crippen LogP contribution in [0.15, 0.2) is 30.6 Å². The van der Waals surface area contributed by atoms with Crippen LogP contribution < -0.4 is 15.4 Å². The minimum absolute atomic E-state index is 0.126. The van der Waals surface area contributed by atoms with E-state index in [4.69, 9.17) is 4.74 Å². The Labute approximate surface area is 124 Å². The lowest BCUT2D eigenvalue weighted by molar-refractivity contribution is -0.118. The maximum absolute atomic E-state index is 12.4. The van der Waals surface area contributed by atoms with Gasteiger partial charge in [-0.2, -0.15) is 5.10 Å². The first-order chi connectivity index (χ1) is 10.0. The molecule has 0 saturated carbocycles. The molecule has 0 bridgehead atoms. The normalized spacial score (nSPS) is 12.0. The summed E-state index contributed by atoms with van der Waals surface area (Å²) in [4.78, 5) is 12.4. The van der Waals surface area contributed by atoms with Crippen LogP contribution in [0.2, 0.25) is 0 Å². The second kappa shape index (κ2) is 6.41. The number of hydrogen-bond donors (Lipinski definition) is 2. The van der Waals surface area contributed by atoms with Crippen LogP contribution in [0.3, 0.4) is 0 Å². The van der Waals surface area contributed by atoms with Crippen molar-refractivity contribution in [3.05, 3.63) is 41.7 Å². The lowest BCUT2D eigenvalue weighted by Gasteiger charge is -2.16. The van der Waals surface area contributed by atoms with Crippen molar-refractivity contribution in [3.63, 3.8) is 0 Å². The second-order valence-electron chi connectivity index (χ2n) is 4.84. The largest absolute Gasteiger partial charge is 0.497 e. The van der Waals surface area contributed by atoms with E-state index in [2.05, 4.69) is 15.7 Å². The number of amides is 1. The third-order valence-electron chi connectivity index (χ3n) is 3.30. The first-order valence-corrected chi connectivity index (χ1v) is 6.66. The zero-order valence-electron chi connectivity index (χ0n) is 12.7. The van der Waals surface area contributed by atoms with Gasteiger partial charge in [0, 0.05) is 24.5 Å². The summed E-state index contributed by atoms with van der Waals surface area (Å²) in [5.41, 5.74) is 2.54. The van der Waals surface area contributed by atoms with Gasteiger partial charge in [-0.1, -0.05) is 0 Å². The fourth-order valence-corrected chi connectivity index (χ4v) is 2.15. The van der Waals surface area contributed by atoms with Crippen molar-refractivity contribution < 1.29 is 9.53 Å². The zero-order valence-corrected chi connectivity index (χ0v) is 12.7. The van der Waals surface area contributed by atoms with Gasteiger partial charge >= 0.3 is 0 Å². The minimum atomic E-state index is -0.444. The van der Waals surface area contributed by atoms with E-state index < -0.39 is 6.04 Å². The Morgan fingerprint density at radius 3 is 2.71 bits per heavy atom. The van der Waals surface area contributed by atoms with Crippen molar-refractivity contribution in [2.24, 2.45) is 7.05 Å². The summed E-state index contributed by atoms with van der Waals surface area (Å²) >= 11 is 0. The quantitative estimate of drug-likeness (QED) is 0.877. The van der Waals surface area contributed by atoms with Crippen molar-refractivity contribution in [2.75, 3.05) is 19.5 Å². The van der Waals surface area contributed by atoms with Crippen LogP contribution in [0.4, 0.5) is 5.69 Å². The van der Waals surface area contributed by atoms with Gasteiger partial charge in [-0.3, -0.25) is 9.48 Å². The summed E-state index contributed by atoms with van der Waals surface area (Å²) < 4.78 is 6.83. The monoisotopic (exact) mass is 288 g/mol. The van der Waals surface area contributed by atoms with Crippen LogP contribution in [0, 0.1) is 6.92 Å². The lowest BCUT2D eigenvalue weighted by atomic mass is 10.1. The number of nitrogens with zero attached hydrogens (tertiary/aromatic N) is 2. The number of methoxy groups -OCH3 is 1. The van der Waals surface area contributed by atoms with Crippen LogP contribution in [0.5, 0.6) is 5.75 Å². The molecule has 1 atom stereocenters. The van der Waals surface area contributed by atoms with Crippen LogP contribution in [-0.4, -0.2) is 29.8 Å². The molecule has 2 N–H and O–H groups in total. The smallest absolute Gasteiger partial charge is 0.246 e. The van der Waals surface area contributed by atoms with Gasteiger partial charge in [0.1, 0.15) is 11.8 Å². The topological polar surface area (TPSA) is 68.2 Å². The number of likely N-dealkylation sites (N-methyl/N-ethyl adjacent to an activating group) is 1. The highest BCUT2D eigenvalue weighted by Gasteiger charge is 2.20. The van der Waals surface area contributed by atoms with Crippen molar-refractivity contribution in [1.82, 2.24) is 15.1 Å². The average molecular weight is 288 g/mol. The van der Waals surface area contributed by atoms with Gasteiger partial charge in [-0.15, -0.1) is 0 Å². The molecule has 0 fully saturated rings. The summed E-state index contributed by atoms with van der Waals surface area (Å²) in [5.74, 6) is 0.640. The van der Waals surface area contributed by atoms with Crippen LogP contribution in [-0.2, 0) is 11.8 Å². The molecule has 1 aromatic heterocycles. The predicted molar refractivity (Wildman–Crippen MR) is 81.4 cm³/mol. The summed E-state index contributed by atoms with van der Waals surface area (Å²) in [7, 11) is 5.19. The van der Waals surface area contributed by atoms with Gasteiger partial charge in [0.15, 0.2) is 0 Å². The van der Waals surface area contributed by atoms with E-state index in [0.717, 1.165) is 22.6 Å². The number of aromatic nitrogens is 2. The highest BCUT2D eigenvalue weighted by atomic mass is 16.5. The van der Waals surface area contributed by atoms with Crippen LogP contribution >= 0.6 is 0 Å². The Balaban J connectivity index is 2.16. The molecule has 0 radical (unpaired) electrons. The summed E-state index contributed by atoms with van der Waals surface area (Å²) in [6.45, 7) is 1.93. The van der Waals surface area contributed by atoms with Crippen molar-refractivity contribution in [1.29, 1.82) is 0 Å². The predicted octanol–water partition coefficient (Wildman–Crippen LogP) is 1.64. The average Bonchev–Trinajstić information content (AvgIpc) is 2.88. The number of anilines is 1. The number of hydrogen-bond acceptors (Lipinski definition) is 4. The fraction of sp³-hybridized carbons (Fsp3) is 0.333. The SMILES string of the molecule is CNC(C(=O)Nc1ccc(OC)cc1C)c1cnn(C)c1. The molecule has 1 unspecified atom stereocenters. The van der Waals surface area contributed by atoms with Gasteiger partial charge in [0.25, 0.3) is 0 Å². The molecule has 0 aliphatic carbocycles. The molecule has 2 rings (SSSR count). The van der Waals surface area contributed by atoms with E-state index in [1.165, 1.54) is 0 Å². The Hall–Kier alpha value is -2.34. The number of carbonyl (C=O) groups excluding carboxylic acids is 1. The number of benzene rings is 1. The second-order valence-corrected chi connectivity index (χ2v) is 4.84. The van der Waals surface area contributed by atoms with Crippen molar-refractivity contribution >= 4 is 11.6 Å². The molecular formula is C15H20N4O2. The molecular weight excluding hydrogens is 268 g/mol. The number of aryl methyl sites for hydroxylation is 2. The van der Waals surface area contributed by atoms with Crippen LogP contribution in [0.25, 0.3) is 0 Å². The number of ether oxygens (including phenoxy) is 1. The first-order valence-electron chi connectivity index (χ1n) is 6.66. The van der Waals surface area contributed by atoms with Crippen molar-refractivity contribution in [2.45, 2.75) is 13.0 Å². The molecule has 1 aromatic carbocycles. The number of carbonyl (C=O) groups is 1. The first kappa shape index (κ1) is 15.1. The third-order valence-corrected chi connectivity index (χ3v) is 3.30. The van der Waals surface area contributed by atoms with E-state index in [1.54, 1.807) is 25.0 Å². The van der Waals surface area contributed by atoms with E-state index in [0.29, 0.717) is 0 Å². The number of rotatable bonds is 5. The molecule has 112 valence electrons. The molecule has 6 heteroatoms. The molecule has 0 spiro atoms. The van der Waals surface area contributed by atoms with Gasteiger partial charge < -0.3 is 15.4 Å². The van der Waals surface area contributed by atoms with E-state index in [-0.39, 0.29) is 5.91 Å². The zero-order chi connectivity index (χ0) is 15.4. The lowest BCUT2D eigenvalue weighted by Crippen LogP contribution is -2.30. The highest BCUT2D eigenvalue weighted by Crippen LogP contribution is 2.22. The maximum Gasteiger partial charge on any atom is 0.246 e. The summed E-state index contributed by atoms with van der Waals surface area (Å²) in [6.07, 6.45) is 3.50. The van der Waals surface area contributed by atoms with Crippen LogP contribution in [0.1, 0.15) is 17.2 Å². The van der Waals surface area contributed by atoms with Crippen molar-refractivity contribution in [3.8, 4) is 5.75 Å². The Morgan fingerprint density at radius 2 is 2.19 bits per heavy atom. The van der Waals surface area contributed by atoms with E-state index in [1.807, 2.05) is 38.4 Å². The highest BCUT2D eigenvalue weighted by molar-refractivity contribution is 5.96. The Morgan fingerprint density at radius 1 is 1.43 bits per heavy atom. The third kappa shape index (κ3) is 3.41. The maximum atomic E-state index is 12.4. The van der Waals surface area contributed by atoms with Gasteiger partial charge in [-0.25, -0.2) is 0 Å². The van der Waals surface area contributed by atoms with Gasteiger partial charge in [-0.05, 0) is 37.7 Å². The summed E-state index contributed by atoms with van der Waals surface area (Å²) in [6, 6.07) is 5.09. The number of nitrogens with one attached hydrogen (secondary N) is 2. The molecule has 1 heterocycles. The molecule has 0 saturated heterocycles. The van der Waals surface area contributed by atoms with Gasteiger partial charge in [0.2, 0.25) is 5.91 Å². The summed E-state index contributed by atoms with van der Waals surface area (Å²) in [5, 5.41) is 10.0. The Bertz CT molecular complexity index is 636. The minimum Gasteiger partial charge on any atom is -0.497 e. The molecule has 0 aliphatic rings. The molecule has 0 aliphatic heterocycles. The molecule has 21 heavy (non-hydrogen) atoms. The molecule has 6 nitrogen and oxygen atoms in total. The molecule has 1 amide bonds. The standard InChI is InChI=1S/C15H20N4O2/c1-10-7-12(21-4)5-6-13(10)18-15(20)14(16-2)11-8-17-19(3)9-11/h5-9,14,16H,1-4H3,(H,18,20).